The molecule has 2 heteroatoms. The second kappa shape index (κ2) is 5.42. The lowest BCUT2D eigenvalue weighted by Crippen LogP contribution is -2.17. The van der Waals surface area contributed by atoms with E-state index in [1.54, 1.807) is 0 Å². The predicted octanol–water partition coefficient (Wildman–Crippen LogP) is 2.88. The van der Waals surface area contributed by atoms with Gasteiger partial charge in [0.1, 0.15) is 0 Å². The molecule has 0 saturated heterocycles. The van der Waals surface area contributed by atoms with E-state index in [2.05, 4.69) is 39.0 Å². The molecular formula is C12H19NS. The third-order valence-electron chi connectivity index (χ3n) is 1.93. The molecule has 0 fully saturated rings. The van der Waals surface area contributed by atoms with Crippen LogP contribution in [0.25, 0.3) is 0 Å². The van der Waals surface area contributed by atoms with Gasteiger partial charge in [-0.1, -0.05) is 29.3 Å². The first kappa shape index (κ1) is 11.6. The first-order chi connectivity index (χ1) is 6.58. The van der Waals surface area contributed by atoms with Crippen LogP contribution >= 0.6 is 11.8 Å². The van der Waals surface area contributed by atoms with Crippen molar-refractivity contribution in [3.63, 3.8) is 0 Å². The monoisotopic (exact) mass is 209 g/mol. The molecule has 14 heavy (non-hydrogen) atoms. The lowest BCUT2D eigenvalue weighted by Gasteiger charge is -2.06. The second-order valence-electron chi connectivity index (χ2n) is 3.99. The van der Waals surface area contributed by atoms with Gasteiger partial charge in [-0.05, 0) is 26.3 Å². The van der Waals surface area contributed by atoms with Gasteiger partial charge in [0.25, 0.3) is 0 Å². The van der Waals surface area contributed by atoms with Gasteiger partial charge in [-0.2, -0.15) is 11.8 Å². The van der Waals surface area contributed by atoms with Crippen molar-refractivity contribution in [3.8, 4) is 0 Å². The van der Waals surface area contributed by atoms with Crippen LogP contribution in [0.1, 0.15) is 23.6 Å². The SMILES string of the molecule is Cc1cc(C)cc(CSC[C@@H](C)N)c1. The van der Waals surface area contributed by atoms with E-state index in [4.69, 9.17) is 5.73 Å². The normalized spacial score (nSPS) is 12.9. The van der Waals surface area contributed by atoms with Gasteiger partial charge in [-0.3, -0.25) is 0 Å². The summed E-state index contributed by atoms with van der Waals surface area (Å²) in [5.74, 6) is 2.11. The fraction of sp³-hybridized carbons (Fsp3) is 0.500. The largest absolute Gasteiger partial charge is 0.327 e. The van der Waals surface area contributed by atoms with Crippen LogP contribution in [-0.2, 0) is 5.75 Å². The van der Waals surface area contributed by atoms with Crippen LogP contribution in [0.4, 0.5) is 0 Å². The number of aryl methyl sites for hydroxylation is 2. The van der Waals surface area contributed by atoms with Crippen LogP contribution in [0.2, 0.25) is 0 Å². The maximum Gasteiger partial charge on any atom is 0.0185 e. The third-order valence-corrected chi connectivity index (χ3v) is 3.23. The van der Waals surface area contributed by atoms with Gasteiger partial charge in [0, 0.05) is 17.5 Å². The van der Waals surface area contributed by atoms with Crippen molar-refractivity contribution in [2.24, 2.45) is 5.73 Å². The molecule has 1 aromatic carbocycles. The highest BCUT2D eigenvalue weighted by Crippen LogP contribution is 2.16. The summed E-state index contributed by atoms with van der Waals surface area (Å²) in [5, 5.41) is 0. The summed E-state index contributed by atoms with van der Waals surface area (Å²) in [7, 11) is 0. The Balaban J connectivity index is 2.50. The highest BCUT2D eigenvalue weighted by atomic mass is 32.2. The Labute approximate surface area is 91.1 Å². The van der Waals surface area contributed by atoms with Crippen LogP contribution in [0.3, 0.4) is 0 Å². The van der Waals surface area contributed by atoms with E-state index in [0.717, 1.165) is 11.5 Å². The summed E-state index contributed by atoms with van der Waals surface area (Å²) >= 11 is 1.91. The fourth-order valence-electron chi connectivity index (χ4n) is 1.51. The van der Waals surface area contributed by atoms with Gasteiger partial charge < -0.3 is 5.73 Å². The van der Waals surface area contributed by atoms with Gasteiger partial charge in [0.15, 0.2) is 0 Å². The van der Waals surface area contributed by atoms with Gasteiger partial charge in [0.2, 0.25) is 0 Å². The number of rotatable bonds is 4. The van der Waals surface area contributed by atoms with Crippen LogP contribution < -0.4 is 5.73 Å². The molecule has 0 saturated carbocycles. The third kappa shape index (κ3) is 4.16. The second-order valence-corrected chi connectivity index (χ2v) is 5.02. The van der Waals surface area contributed by atoms with Gasteiger partial charge in [-0.15, -0.1) is 0 Å². The number of benzene rings is 1. The zero-order valence-electron chi connectivity index (χ0n) is 9.21. The Morgan fingerprint density at radius 1 is 1.21 bits per heavy atom. The van der Waals surface area contributed by atoms with Crippen molar-refractivity contribution < 1.29 is 0 Å². The Hall–Kier alpha value is -0.470. The van der Waals surface area contributed by atoms with E-state index in [1.807, 2.05) is 11.8 Å². The molecule has 0 heterocycles. The van der Waals surface area contributed by atoms with Gasteiger partial charge in [0.05, 0.1) is 0 Å². The Morgan fingerprint density at radius 3 is 2.29 bits per heavy atom. The van der Waals surface area contributed by atoms with Crippen LogP contribution in [0.5, 0.6) is 0 Å². The minimum absolute atomic E-state index is 0.297. The molecule has 1 nitrogen and oxygen atoms in total. The Morgan fingerprint density at radius 2 is 1.79 bits per heavy atom. The van der Waals surface area contributed by atoms with Crippen molar-refractivity contribution in [1.82, 2.24) is 0 Å². The molecule has 1 atom stereocenters. The lowest BCUT2D eigenvalue weighted by molar-refractivity contribution is 0.847. The zero-order valence-corrected chi connectivity index (χ0v) is 10.0. The smallest absolute Gasteiger partial charge is 0.0185 e. The van der Waals surface area contributed by atoms with Crippen molar-refractivity contribution in [1.29, 1.82) is 0 Å². The summed E-state index contributed by atoms with van der Waals surface area (Å²) < 4.78 is 0. The highest BCUT2D eigenvalue weighted by Gasteiger charge is 1.98. The summed E-state index contributed by atoms with van der Waals surface area (Å²) in [5.41, 5.74) is 9.80. The molecule has 0 aliphatic rings. The van der Waals surface area contributed by atoms with E-state index in [0.29, 0.717) is 6.04 Å². The maximum absolute atomic E-state index is 5.70. The molecule has 0 unspecified atom stereocenters. The molecule has 0 radical (unpaired) electrons. The minimum atomic E-state index is 0.297. The molecule has 0 amide bonds. The van der Waals surface area contributed by atoms with Crippen LogP contribution in [-0.4, -0.2) is 11.8 Å². The molecule has 1 rings (SSSR count). The first-order valence-electron chi connectivity index (χ1n) is 4.98. The van der Waals surface area contributed by atoms with E-state index in [1.165, 1.54) is 16.7 Å². The number of hydrogen-bond donors (Lipinski definition) is 1. The predicted molar refractivity (Wildman–Crippen MR) is 65.7 cm³/mol. The number of thioether (sulfide) groups is 1. The highest BCUT2D eigenvalue weighted by molar-refractivity contribution is 7.98. The lowest BCUT2D eigenvalue weighted by atomic mass is 10.1. The molecule has 0 spiro atoms. The summed E-state index contributed by atoms with van der Waals surface area (Å²) in [4.78, 5) is 0. The average molecular weight is 209 g/mol. The Kier molecular flexibility index (Phi) is 4.49. The van der Waals surface area contributed by atoms with Crippen LogP contribution in [0.15, 0.2) is 18.2 Å². The fourth-order valence-corrected chi connectivity index (χ4v) is 2.41. The summed E-state index contributed by atoms with van der Waals surface area (Å²) in [6.45, 7) is 6.34. The Bertz CT molecular complexity index is 274. The molecule has 2 N–H and O–H groups in total. The average Bonchev–Trinajstić information content (AvgIpc) is 2.01. The molecule has 0 aliphatic carbocycles. The van der Waals surface area contributed by atoms with Crippen LogP contribution in [0, 0.1) is 13.8 Å². The quantitative estimate of drug-likeness (QED) is 0.825. The van der Waals surface area contributed by atoms with E-state index < -0.39 is 0 Å². The van der Waals surface area contributed by atoms with Crippen molar-refractivity contribution in [3.05, 3.63) is 34.9 Å². The van der Waals surface area contributed by atoms with E-state index in [-0.39, 0.29) is 0 Å². The number of nitrogens with two attached hydrogens (primary N) is 1. The maximum atomic E-state index is 5.70. The molecule has 0 aromatic heterocycles. The first-order valence-corrected chi connectivity index (χ1v) is 6.14. The van der Waals surface area contributed by atoms with Gasteiger partial charge >= 0.3 is 0 Å². The summed E-state index contributed by atoms with van der Waals surface area (Å²) in [6.07, 6.45) is 0. The molecule has 0 bridgehead atoms. The minimum Gasteiger partial charge on any atom is -0.327 e. The zero-order chi connectivity index (χ0) is 10.6. The van der Waals surface area contributed by atoms with Crippen molar-refractivity contribution in [2.45, 2.75) is 32.6 Å². The topological polar surface area (TPSA) is 26.0 Å². The summed E-state index contributed by atoms with van der Waals surface area (Å²) in [6, 6.07) is 7.01. The van der Waals surface area contributed by atoms with E-state index >= 15 is 0 Å². The van der Waals surface area contributed by atoms with Crippen molar-refractivity contribution in [2.75, 3.05) is 5.75 Å². The van der Waals surface area contributed by atoms with Gasteiger partial charge in [-0.25, -0.2) is 0 Å². The molecule has 1 aromatic rings. The molecule has 78 valence electrons. The van der Waals surface area contributed by atoms with Crippen molar-refractivity contribution >= 4 is 11.8 Å². The number of hydrogen-bond acceptors (Lipinski definition) is 2. The molecule has 0 aliphatic heterocycles. The molecular weight excluding hydrogens is 190 g/mol. The van der Waals surface area contributed by atoms with E-state index in [9.17, 15) is 0 Å². The standard InChI is InChI=1S/C12H19NS/c1-9-4-10(2)6-12(5-9)8-14-7-11(3)13/h4-6,11H,7-8,13H2,1-3H3/t11-/m1/s1.